The fourth-order valence-corrected chi connectivity index (χ4v) is 2.06. The number of carbonyl (C=O) groups is 2. The van der Waals surface area contributed by atoms with Crippen LogP contribution in [0.25, 0.3) is 0 Å². The Morgan fingerprint density at radius 2 is 1.86 bits per heavy atom. The normalized spacial score (nSPS) is 12.0. The molecule has 1 unspecified atom stereocenters. The summed E-state index contributed by atoms with van der Waals surface area (Å²) in [5.41, 5.74) is 1.99. The second-order valence-corrected chi connectivity index (χ2v) is 5.63. The quantitative estimate of drug-likeness (QED) is 0.673. The molecule has 0 heterocycles. The first-order chi connectivity index (χ1) is 9.90. The fraction of sp³-hybridized carbons (Fsp3) is 0.500. The minimum absolute atomic E-state index is 0.0386. The Kier molecular flexibility index (Phi) is 6.88. The second kappa shape index (κ2) is 8.42. The molecule has 21 heavy (non-hydrogen) atoms. The van der Waals surface area contributed by atoms with Gasteiger partial charge in [-0.05, 0) is 38.0 Å². The number of rotatable bonds is 7. The Bertz CT molecular complexity index is 486. The summed E-state index contributed by atoms with van der Waals surface area (Å²) in [4.78, 5) is 24.4. The van der Waals surface area contributed by atoms with E-state index in [2.05, 4.69) is 17.6 Å². The molecule has 0 saturated carbocycles. The first kappa shape index (κ1) is 17.2. The van der Waals surface area contributed by atoms with Gasteiger partial charge in [-0.3, -0.25) is 9.59 Å². The summed E-state index contributed by atoms with van der Waals surface area (Å²) in [5, 5.41) is 5.69. The van der Waals surface area contributed by atoms with Crippen LogP contribution in [0, 0.1) is 0 Å². The molecule has 1 atom stereocenters. The molecule has 1 aromatic rings. The van der Waals surface area contributed by atoms with Crippen LogP contribution in [0.4, 0.5) is 5.69 Å². The highest BCUT2D eigenvalue weighted by Gasteiger charge is 2.14. The number of nitrogens with one attached hydrogen (secondary N) is 3. The number of likely N-dealkylation sites (N-methyl/N-ethyl adjacent to an activating group) is 1. The SMILES string of the molecule is CCc1cccc(NC(=O)C[NH+](C)CC(=O)NC(C)C)c1. The third kappa shape index (κ3) is 6.90. The summed E-state index contributed by atoms with van der Waals surface area (Å²) in [6.45, 7) is 6.47. The van der Waals surface area contributed by atoms with Gasteiger partial charge in [0, 0.05) is 11.7 Å². The average Bonchev–Trinajstić information content (AvgIpc) is 2.37. The van der Waals surface area contributed by atoms with Crippen molar-refractivity contribution < 1.29 is 14.5 Å². The Hall–Kier alpha value is -1.88. The maximum Gasteiger partial charge on any atom is 0.279 e. The van der Waals surface area contributed by atoms with Gasteiger partial charge in [0.15, 0.2) is 13.1 Å². The van der Waals surface area contributed by atoms with Crippen LogP contribution in [0.2, 0.25) is 0 Å². The summed E-state index contributed by atoms with van der Waals surface area (Å²) >= 11 is 0. The molecule has 1 rings (SSSR count). The van der Waals surface area contributed by atoms with Gasteiger partial charge in [0.25, 0.3) is 11.8 Å². The molecule has 5 heteroatoms. The summed E-state index contributed by atoms with van der Waals surface area (Å²) in [6.07, 6.45) is 0.935. The van der Waals surface area contributed by atoms with Gasteiger partial charge in [0.05, 0.1) is 7.05 Å². The number of anilines is 1. The van der Waals surface area contributed by atoms with Crippen molar-refractivity contribution in [2.45, 2.75) is 33.2 Å². The van der Waals surface area contributed by atoms with E-state index in [9.17, 15) is 9.59 Å². The lowest BCUT2D eigenvalue weighted by Gasteiger charge is -2.15. The molecule has 5 nitrogen and oxygen atoms in total. The number of hydrogen-bond acceptors (Lipinski definition) is 2. The molecule has 1 aromatic carbocycles. The number of benzene rings is 1. The number of quaternary nitrogens is 1. The van der Waals surface area contributed by atoms with Crippen LogP contribution >= 0.6 is 0 Å². The lowest BCUT2D eigenvalue weighted by atomic mass is 10.1. The van der Waals surface area contributed by atoms with Crippen molar-refractivity contribution in [3.05, 3.63) is 29.8 Å². The molecule has 0 aliphatic carbocycles. The lowest BCUT2D eigenvalue weighted by molar-refractivity contribution is -0.862. The molecule has 116 valence electrons. The van der Waals surface area contributed by atoms with Crippen molar-refractivity contribution in [1.29, 1.82) is 0 Å². The molecule has 0 radical (unpaired) electrons. The van der Waals surface area contributed by atoms with E-state index in [0.29, 0.717) is 6.54 Å². The zero-order chi connectivity index (χ0) is 15.8. The largest absolute Gasteiger partial charge is 0.349 e. The highest BCUT2D eigenvalue weighted by Crippen LogP contribution is 2.10. The van der Waals surface area contributed by atoms with Crippen LogP contribution in [-0.2, 0) is 16.0 Å². The molecule has 0 fully saturated rings. The highest BCUT2D eigenvalue weighted by molar-refractivity contribution is 5.91. The standard InChI is InChI=1S/C16H25N3O2/c1-5-13-7-6-8-14(9-13)18-16(21)11-19(4)10-15(20)17-12(2)3/h6-9,12H,5,10-11H2,1-4H3,(H,17,20)(H,18,21)/p+1. The van der Waals surface area contributed by atoms with Crippen LogP contribution in [0.15, 0.2) is 24.3 Å². The van der Waals surface area contributed by atoms with Crippen LogP contribution < -0.4 is 15.5 Å². The smallest absolute Gasteiger partial charge is 0.279 e. The average molecular weight is 292 g/mol. The van der Waals surface area contributed by atoms with E-state index in [1.54, 1.807) is 0 Å². The molecule has 0 spiro atoms. The van der Waals surface area contributed by atoms with Crippen molar-refractivity contribution in [3.8, 4) is 0 Å². The molecular weight excluding hydrogens is 266 g/mol. The minimum atomic E-state index is -0.0851. The summed E-state index contributed by atoms with van der Waals surface area (Å²) in [6, 6.07) is 7.93. The molecule has 0 saturated heterocycles. The molecule has 0 aliphatic rings. The van der Waals surface area contributed by atoms with Gasteiger partial charge >= 0.3 is 0 Å². The molecule has 0 bridgehead atoms. The van der Waals surface area contributed by atoms with E-state index >= 15 is 0 Å². The molecular formula is C16H26N3O2+. The van der Waals surface area contributed by atoms with Crippen LogP contribution in [0.3, 0.4) is 0 Å². The Balaban J connectivity index is 2.43. The van der Waals surface area contributed by atoms with E-state index < -0.39 is 0 Å². The third-order valence-electron chi connectivity index (χ3n) is 2.99. The van der Waals surface area contributed by atoms with E-state index in [0.717, 1.165) is 17.0 Å². The first-order valence-electron chi connectivity index (χ1n) is 7.40. The predicted molar refractivity (Wildman–Crippen MR) is 84.3 cm³/mol. The maximum atomic E-state index is 12.0. The van der Waals surface area contributed by atoms with E-state index in [-0.39, 0.29) is 24.4 Å². The Morgan fingerprint density at radius 1 is 1.19 bits per heavy atom. The molecule has 3 N–H and O–H groups in total. The maximum absolute atomic E-state index is 12.0. The Labute approximate surface area is 126 Å². The zero-order valence-electron chi connectivity index (χ0n) is 13.3. The van der Waals surface area contributed by atoms with E-state index in [4.69, 9.17) is 0 Å². The number of aryl methyl sites for hydroxylation is 1. The summed E-state index contributed by atoms with van der Waals surface area (Å²) in [7, 11) is 1.84. The van der Waals surface area contributed by atoms with Crippen molar-refractivity contribution in [3.63, 3.8) is 0 Å². The van der Waals surface area contributed by atoms with Gasteiger partial charge in [-0.25, -0.2) is 0 Å². The third-order valence-corrected chi connectivity index (χ3v) is 2.99. The van der Waals surface area contributed by atoms with Gasteiger partial charge < -0.3 is 15.5 Å². The van der Waals surface area contributed by atoms with Crippen LogP contribution in [0.5, 0.6) is 0 Å². The Morgan fingerprint density at radius 3 is 2.48 bits per heavy atom. The summed E-state index contributed by atoms with van der Waals surface area (Å²) in [5.74, 6) is -0.124. The minimum Gasteiger partial charge on any atom is -0.349 e. The van der Waals surface area contributed by atoms with Gasteiger partial charge in [0.1, 0.15) is 0 Å². The first-order valence-corrected chi connectivity index (χ1v) is 7.40. The van der Waals surface area contributed by atoms with Crippen LogP contribution in [0.1, 0.15) is 26.3 Å². The number of carbonyl (C=O) groups excluding carboxylic acids is 2. The second-order valence-electron chi connectivity index (χ2n) is 5.63. The van der Waals surface area contributed by atoms with Gasteiger partial charge in [-0.2, -0.15) is 0 Å². The topological polar surface area (TPSA) is 62.6 Å². The molecule has 0 aliphatic heterocycles. The van der Waals surface area contributed by atoms with Crippen molar-refractivity contribution in [2.24, 2.45) is 0 Å². The summed E-state index contributed by atoms with van der Waals surface area (Å²) < 4.78 is 0. The van der Waals surface area contributed by atoms with Gasteiger partial charge in [0.2, 0.25) is 0 Å². The van der Waals surface area contributed by atoms with Crippen molar-refractivity contribution >= 4 is 17.5 Å². The number of amides is 2. The number of hydrogen-bond donors (Lipinski definition) is 3. The van der Waals surface area contributed by atoms with Gasteiger partial charge in [-0.1, -0.05) is 19.1 Å². The monoisotopic (exact) mass is 292 g/mol. The highest BCUT2D eigenvalue weighted by atomic mass is 16.2. The van der Waals surface area contributed by atoms with E-state index in [1.165, 1.54) is 5.56 Å². The van der Waals surface area contributed by atoms with E-state index in [1.807, 2.05) is 45.2 Å². The fourth-order valence-electron chi connectivity index (χ4n) is 2.06. The van der Waals surface area contributed by atoms with Gasteiger partial charge in [-0.15, -0.1) is 0 Å². The van der Waals surface area contributed by atoms with Crippen molar-refractivity contribution in [2.75, 3.05) is 25.5 Å². The zero-order valence-corrected chi connectivity index (χ0v) is 13.3. The predicted octanol–water partition coefficient (Wildman–Crippen LogP) is 0.227. The molecule has 0 aromatic heterocycles. The van der Waals surface area contributed by atoms with Crippen LogP contribution in [-0.4, -0.2) is 38.0 Å². The lowest BCUT2D eigenvalue weighted by Crippen LogP contribution is -3.11. The molecule has 2 amide bonds. The van der Waals surface area contributed by atoms with Crippen molar-refractivity contribution in [1.82, 2.24) is 5.32 Å².